The summed E-state index contributed by atoms with van der Waals surface area (Å²) in [7, 11) is 0. The fraction of sp³-hybridized carbons (Fsp3) is 0.303. The number of amides is 3. The van der Waals surface area contributed by atoms with Crippen LogP contribution in [0.4, 0.5) is 25.0 Å². The van der Waals surface area contributed by atoms with Crippen LogP contribution < -0.4 is 15.5 Å². The van der Waals surface area contributed by atoms with Crippen molar-refractivity contribution in [3.05, 3.63) is 101 Å². The van der Waals surface area contributed by atoms with Gasteiger partial charge in [-0.25, -0.2) is 9.59 Å². The van der Waals surface area contributed by atoms with Crippen LogP contribution in [0.25, 0.3) is 5.57 Å². The van der Waals surface area contributed by atoms with Gasteiger partial charge in [0.05, 0.1) is 13.1 Å². The van der Waals surface area contributed by atoms with Gasteiger partial charge in [-0.2, -0.15) is 8.78 Å². The molecule has 0 bridgehead atoms. The summed E-state index contributed by atoms with van der Waals surface area (Å²) in [6, 6.07) is 21.4. The first-order valence-electron chi connectivity index (χ1n) is 14.0. The van der Waals surface area contributed by atoms with Gasteiger partial charge in [-0.1, -0.05) is 56.3 Å². The van der Waals surface area contributed by atoms with E-state index in [-0.39, 0.29) is 18.1 Å². The van der Waals surface area contributed by atoms with E-state index in [4.69, 9.17) is 5.11 Å². The number of anilines is 2. The molecule has 0 fully saturated rings. The van der Waals surface area contributed by atoms with Crippen LogP contribution in [0.2, 0.25) is 0 Å². The zero-order valence-electron chi connectivity index (χ0n) is 23.7. The lowest BCUT2D eigenvalue weighted by Gasteiger charge is -2.24. The molecule has 1 aliphatic carbocycles. The van der Waals surface area contributed by atoms with E-state index in [1.165, 1.54) is 24.1 Å². The SMILES string of the molecule is CC(C)c1ccc(NC(=O)N(Cc2ccc(C(=O)NCC(F)(F)C(=O)O)cc2)c2ccc(C3=CCCCC3)cc2)cc1. The third-order valence-corrected chi connectivity index (χ3v) is 7.26. The normalized spacial score (nSPS) is 13.3. The Morgan fingerprint density at radius 2 is 1.60 bits per heavy atom. The van der Waals surface area contributed by atoms with Crippen molar-refractivity contribution >= 4 is 34.9 Å². The lowest BCUT2D eigenvalue weighted by atomic mass is 9.93. The van der Waals surface area contributed by atoms with Gasteiger partial charge in [-0.05, 0) is 90.3 Å². The molecule has 3 amide bonds. The largest absolute Gasteiger partial charge is 0.477 e. The zero-order valence-corrected chi connectivity index (χ0v) is 23.7. The van der Waals surface area contributed by atoms with E-state index in [0.29, 0.717) is 22.9 Å². The molecule has 9 heteroatoms. The van der Waals surface area contributed by atoms with E-state index in [9.17, 15) is 23.2 Å². The molecule has 3 aromatic rings. The molecule has 42 heavy (non-hydrogen) atoms. The van der Waals surface area contributed by atoms with Crippen molar-refractivity contribution in [3.63, 3.8) is 0 Å². The highest BCUT2D eigenvalue weighted by Crippen LogP contribution is 2.29. The molecule has 0 heterocycles. The molecule has 220 valence electrons. The molecule has 1 aliphatic rings. The summed E-state index contributed by atoms with van der Waals surface area (Å²) in [5, 5.41) is 13.5. The van der Waals surface area contributed by atoms with E-state index in [2.05, 4.69) is 25.2 Å². The van der Waals surface area contributed by atoms with Crippen molar-refractivity contribution < 1.29 is 28.3 Å². The van der Waals surface area contributed by atoms with Gasteiger partial charge >= 0.3 is 17.9 Å². The number of hydrogen-bond donors (Lipinski definition) is 3. The number of nitrogens with one attached hydrogen (secondary N) is 2. The summed E-state index contributed by atoms with van der Waals surface area (Å²) in [6.07, 6.45) is 6.72. The number of carboxylic acids is 1. The number of nitrogens with zero attached hydrogens (tertiary/aromatic N) is 1. The minimum atomic E-state index is -4.07. The maximum Gasteiger partial charge on any atom is 0.376 e. The molecule has 0 unspecified atom stereocenters. The van der Waals surface area contributed by atoms with Crippen molar-refractivity contribution in [2.24, 2.45) is 0 Å². The second kappa shape index (κ2) is 13.4. The zero-order chi connectivity index (χ0) is 30.3. The summed E-state index contributed by atoms with van der Waals surface area (Å²) in [5.74, 6) is -6.84. The highest BCUT2D eigenvalue weighted by Gasteiger charge is 2.39. The lowest BCUT2D eigenvalue weighted by Crippen LogP contribution is -2.42. The number of halogens is 2. The van der Waals surface area contributed by atoms with Gasteiger partial charge in [0.15, 0.2) is 0 Å². The number of urea groups is 1. The van der Waals surface area contributed by atoms with E-state index in [1.54, 1.807) is 17.0 Å². The third kappa shape index (κ3) is 7.81. The van der Waals surface area contributed by atoms with Gasteiger partial charge in [0.2, 0.25) is 0 Å². The second-order valence-electron chi connectivity index (χ2n) is 10.7. The van der Waals surface area contributed by atoms with Crippen LogP contribution in [0.15, 0.2) is 78.9 Å². The Morgan fingerprint density at radius 3 is 2.17 bits per heavy atom. The van der Waals surface area contributed by atoms with Crippen molar-refractivity contribution in [2.45, 2.75) is 57.9 Å². The molecule has 3 aromatic carbocycles. The van der Waals surface area contributed by atoms with E-state index in [1.807, 2.05) is 53.8 Å². The van der Waals surface area contributed by atoms with Gasteiger partial charge in [-0.15, -0.1) is 0 Å². The summed E-state index contributed by atoms with van der Waals surface area (Å²) in [6.45, 7) is 3.06. The van der Waals surface area contributed by atoms with Crippen molar-refractivity contribution in [1.82, 2.24) is 5.32 Å². The molecule has 3 N–H and O–H groups in total. The molecule has 0 saturated heterocycles. The third-order valence-electron chi connectivity index (χ3n) is 7.26. The highest BCUT2D eigenvalue weighted by molar-refractivity contribution is 6.02. The van der Waals surface area contributed by atoms with Gasteiger partial charge in [0.25, 0.3) is 5.91 Å². The number of alkyl halides is 2. The van der Waals surface area contributed by atoms with Gasteiger partial charge in [0.1, 0.15) is 0 Å². The first-order chi connectivity index (χ1) is 20.0. The quantitative estimate of drug-likeness (QED) is 0.234. The fourth-order valence-corrected chi connectivity index (χ4v) is 4.69. The molecule has 7 nitrogen and oxygen atoms in total. The topological polar surface area (TPSA) is 98.7 Å². The molecule has 0 atom stereocenters. The van der Waals surface area contributed by atoms with Crippen molar-refractivity contribution in [3.8, 4) is 0 Å². The van der Waals surface area contributed by atoms with Gasteiger partial charge in [0, 0.05) is 16.9 Å². The summed E-state index contributed by atoms with van der Waals surface area (Å²) < 4.78 is 26.7. The number of benzene rings is 3. The molecule has 4 rings (SSSR count). The Labute approximate surface area is 244 Å². The molecular weight excluding hydrogens is 540 g/mol. The van der Waals surface area contributed by atoms with E-state index >= 15 is 0 Å². The number of aliphatic carboxylic acids is 1. The van der Waals surface area contributed by atoms with Crippen LogP contribution in [-0.2, 0) is 11.3 Å². The van der Waals surface area contributed by atoms with E-state index < -0.39 is 24.3 Å². The summed E-state index contributed by atoms with van der Waals surface area (Å²) in [5.41, 5.74) is 5.73. The number of allylic oxidation sites excluding steroid dienone is 2. The number of rotatable bonds is 10. The summed E-state index contributed by atoms with van der Waals surface area (Å²) >= 11 is 0. The van der Waals surface area contributed by atoms with Crippen LogP contribution in [0.1, 0.15) is 72.5 Å². The minimum absolute atomic E-state index is 0.0892. The Morgan fingerprint density at radius 1 is 0.929 bits per heavy atom. The lowest BCUT2D eigenvalue weighted by molar-refractivity contribution is -0.163. The van der Waals surface area contributed by atoms with Gasteiger partial charge in [-0.3, -0.25) is 9.69 Å². The van der Waals surface area contributed by atoms with Crippen molar-refractivity contribution in [1.29, 1.82) is 0 Å². The maximum absolute atomic E-state index is 13.6. The number of carboxylic acid groups (broad SMARTS) is 1. The van der Waals surface area contributed by atoms with Crippen LogP contribution in [0, 0.1) is 0 Å². The summed E-state index contributed by atoms with van der Waals surface area (Å²) in [4.78, 5) is 38.0. The Balaban J connectivity index is 1.52. The van der Waals surface area contributed by atoms with E-state index in [0.717, 1.165) is 30.4 Å². The molecule has 0 aliphatic heterocycles. The standard InChI is InChI=1S/C33H35F2N3O4/c1-22(2)24-12-16-28(17-13-24)37-32(42)38(29-18-14-26(15-19-29)25-6-4-3-5-7-25)20-23-8-10-27(11-9-23)30(39)36-21-33(34,35)31(40)41/h6,8-19,22H,3-5,7,20-21H2,1-2H3,(H,36,39)(H,37,42)(H,40,41). The number of hydrogen-bond acceptors (Lipinski definition) is 3. The molecule has 0 radical (unpaired) electrons. The predicted octanol–water partition coefficient (Wildman–Crippen LogP) is 7.46. The molecule has 0 aromatic heterocycles. The van der Waals surface area contributed by atoms with Crippen LogP contribution in [0.3, 0.4) is 0 Å². The maximum atomic E-state index is 13.6. The monoisotopic (exact) mass is 575 g/mol. The fourth-order valence-electron chi connectivity index (χ4n) is 4.69. The number of carbonyl (C=O) groups is 3. The minimum Gasteiger partial charge on any atom is -0.477 e. The second-order valence-corrected chi connectivity index (χ2v) is 10.7. The van der Waals surface area contributed by atoms with Crippen LogP contribution in [-0.4, -0.2) is 35.5 Å². The average molecular weight is 576 g/mol. The Bertz CT molecular complexity index is 1430. The molecule has 0 spiro atoms. The first-order valence-corrected chi connectivity index (χ1v) is 14.0. The highest BCUT2D eigenvalue weighted by atomic mass is 19.3. The van der Waals surface area contributed by atoms with Crippen LogP contribution in [0.5, 0.6) is 0 Å². The molecule has 0 saturated carbocycles. The first kappa shape index (κ1) is 30.4. The molecular formula is C33H35F2N3O4. The Hall–Kier alpha value is -4.53. The van der Waals surface area contributed by atoms with Gasteiger partial charge < -0.3 is 15.7 Å². The predicted molar refractivity (Wildman–Crippen MR) is 160 cm³/mol. The smallest absolute Gasteiger partial charge is 0.376 e. The van der Waals surface area contributed by atoms with Crippen molar-refractivity contribution in [2.75, 3.05) is 16.8 Å². The Kier molecular flexibility index (Phi) is 9.72. The number of carbonyl (C=O) groups excluding carboxylic acids is 2. The average Bonchev–Trinajstić information content (AvgIpc) is 2.99. The van der Waals surface area contributed by atoms with Crippen LogP contribution >= 0.6 is 0 Å².